The Hall–Kier alpha value is -11.1. The first-order valence-electron chi connectivity index (χ1n) is 24.9. The average Bonchev–Trinajstić information content (AvgIpc) is 1.03. The number of carbonyl (C=O) groups excluding carboxylic acids is 7. The van der Waals surface area contributed by atoms with E-state index in [1.54, 1.807) is 0 Å². The summed E-state index contributed by atoms with van der Waals surface area (Å²) in [6.07, 6.45) is -18.1. The van der Waals surface area contributed by atoms with Crippen molar-refractivity contribution in [3.05, 3.63) is 58.1 Å². The normalized spacial score (nSPS) is 20.8. The zero-order valence-electron chi connectivity index (χ0n) is 44.3. The minimum atomic E-state index is -3.02. The quantitative estimate of drug-likeness (QED) is 0.0261. The fraction of sp³-hybridized carbons (Fsp3) is 0.314. The Kier molecular flexibility index (Phi) is 19.0. The van der Waals surface area contributed by atoms with Gasteiger partial charge in [0.2, 0.25) is 41.5 Å². The number of esters is 5. The second-order valence-corrected chi connectivity index (χ2v) is 20.5. The SMILES string of the molecule is N[C@@H](CCC(=O)NC(CS[C@H](C(=O)O)[C@H](C(=O)O[C@H]1[C@@H]2OC(=O)c3cc(O)c(O)c(O)c3-c3c(cc(O)c(O)c3O)C(=O)OC[C@H]1O[C@@H](OC(=O)c1cc(O)c(O)c(O)c1)[C@@H]2O)[C@H]1c2c(cc(O)c(O)c2O)C(=O)O[C@@H]1C(=O)O)C(=O)NCC(=O)O)C(=O)O. The lowest BCUT2D eigenvalue weighted by atomic mass is 9.75. The molecule has 476 valence electrons. The number of aliphatic hydroxyl groups excluding tert-OH is 1. The van der Waals surface area contributed by atoms with Gasteiger partial charge in [0.25, 0.3) is 0 Å². The Morgan fingerprint density at radius 1 is 0.652 bits per heavy atom. The van der Waals surface area contributed by atoms with Crippen molar-refractivity contribution in [2.24, 2.45) is 11.7 Å². The minimum Gasteiger partial charge on any atom is -0.504 e. The number of carboxylic acid groups (broad SMARTS) is 4. The first kappa shape index (κ1) is 65.4. The Labute approximate surface area is 496 Å². The smallest absolute Gasteiger partial charge is 0.345 e. The molecule has 3 heterocycles. The highest BCUT2D eigenvalue weighted by Gasteiger charge is 2.58. The van der Waals surface area contributed by atoms with Gasteiger partial charge in [-0.2, -0.15) is 0 Å². The summed E-state index contributed by atoms with van der Waals surface area (Å²) in [4.78, 5) is 148. The summed E-state index contributed by atoms with van der Waals surface area (Å²) in [5.41, 5.74) is -2.65. The van der Waals surface area contributed by atoms with Gasteiger partial charge < -0.3 is 132 Å². The standard InChI is InChI=1S/C51H47N3O34S/c52-15(43(72)73)1-2-23(60)54-16(42(71)53-8-24(61)62)10-89-41(45(76)77)29(28-27-14(7-21(59)33(66)36(27)69)48(80)86-39(28)44(74)75)50(82)85-38-22-9-83-47(79)12-5-19(57)31(64)34(67)25(12)26-13(6-20(58)32(65)35(26)68)49(81)87-40(38)37(70)51(84-22)88-46(78)11-3-17(55)30(63)18(56)4-11/h3-7,15-16,22,28-29,37-41,51,55-59,63-70H,1-2,8-10,52H2,(H,53,71)(H,54,60)(H,61,62)(H,72,73)(H,74,75)(H,76,77)/t15-,16?,22+,28+,29+,37+,38+,39-,40+,41-,51-/m0/s1. The lowest BCUT2D eigenvalue weighted by Crippen LogP contribution is -2.63. The van der Waals surface area contributed by atoms with Gasteiger partial charge in [-0.3, -0.25) is 28.8 Å². The maximum Gasteiger partial charge on any atom is 0.345 e. The van der Waals surface area contributed by atoms with E-state index in [0.717, 1.165) is 0 Å². The number of phenolic OH excluding ortho intramolecular Hbond substituents is 12. The summed E-state index contributed by atoms with van der Waals surface area (Å²) in [5.74, 6) is -44.0. The highest BCUT2D eigenvalue weighted by Crippen LogP contribution is 2.54. The number of thioether (sulfide) groups is 1. The van der Waals surface area contributed by atoms with Crippen LogP contribution >= 0.6 is 11.8 Å². The van der Waals surface area contributed by atoms with Crippen molar-refractivity contribution in [1.82, 2.24) is 10.6 Å². The van der Waals surface area contributed by atoms with E-state index >= 15 is 4.79 Å². The number of cyclic esters (lactones) is 2. The van der Waals surface area contributed by atoms with Crippen LogP contribution in [0.5, 0.6) is 69.0 Å². The van der Waals surface area contributed by atoms with E-state index in [1.165, 1.54) is 0 Å². The van der Waals surface area contributed by atoms with Crippen molar-refractivity contribution < 1.29 is 168 Å². The molecule has 89 heavy (non-hydrogen) atoms. The van der Waals surface area contributed by atoms with Crippen LogP contribution in [-0.4, -0.2) is 225 Å². The second-order valence-electron chi connectivity index (χ2n) is 19.3. The molecular formula is C51H47N3O34S. The van der Waals surface area contributed by atoms with Gasteiger partial charge in [0, 0.05) is 28.9 Å². The third kappa shape index (κ3) is 13.2. The molecule has 7 rings (SSSR count). The molecule has 38 heteroatoms. The third-order valence-electron chi connectivity index (χ3n) is 13.6. The zero-order chi connectivity index (χ0) is 66.1. The van der Waals surface area contributed by atoms with Crippen LogP contribution in [0, 0.1) is 5.92 Å². The van der Waals surface area contributed by atoms with Gasteiger partial charge in [-0.05, 0) is 36.8 Å². The molecule has 11 atom stereocenters. The number of carbonyl (C=O) groups is 11. The fourth-order valence-corrected chi connectivity index (χ4v) is 10.6. The molecule has 4 aromatic carbocycles. The molecule has 0 aromatic heterocycles. The number of hydrogen-bond acceptors (Lipinski definition) is 32. The van der Waals surface area contributed by atoms with Crippen molar-refractivity contribution in [3.8, 4) is 80.1 Å². The number of benzene rings is 4. The molecule has 3 aliphatic heterocycles. The van der Waals surface area contributed by atoms with Gasteiger partial charge in [-0.1, -0.05) is 0 Å². The lowest BCUT2D eigenvalue weighted by molar-refractivity contribution is -0.288. The highest BCUT2D eigenvalue weighted by molar-refractivity contribution is 8.00. The molecule has 1 unspecified atom stereocenters. The molecule has 1 fully saturated rings. The van der Waals surface area contributed by atoms with E-state index in [-0.39, 0.29) is 17.8 Å². The van der Waals surface area contributed by atoms with E-state index < -0.39 is 271 Å². The Morgan fingerprint density at radius 2 is 1.18 bits per heavy atom. The summed E-state index contributed by atoms with van der Waals surface area (Å²) >= 11 is -0.132. The molecule has 0 aliphatic carbocycles. The Bertz CT molecular complexity index is 3620. The minimum absolute atomic E-state index is 0.132. The van der Waals surface area contributed by atoms with Crippen LogP contribution in [-0.2, 0) is 62.0 Å². The monoisotopic (exact) mass is 1280 g/mol. The van der Waals surface area contributed by atoms with Crippen molar-refractivity contribution in [1.29, 1.82) is 0 Å². The Balaban J connectivity index is 1.44. The van der Waals surface area contributed by atoms with E-state index in [4.69, 9.17) is 34.2 Å². The molecule has 2 bridgehead atoms. The number of phenols is 12. The zero-order valence-corrected chi connectivity index (χ0v) is 45.1. The average molecular weight is 1280 g/mol. The molecule has 0 spiro atoms. The fourth-order valence-electron chi connectivity index (χ4n) is 9.32. The largest absolute Gasteiger partial charge is 0.504 e. The number of ether oxygens (including phenoxy) is 6. The maximum absolute atomic E-state index is 15.6. The highest BCUT2D eigenvalue weighted by atomic mass is 32.2. The van der Waals surface area contributed by atoms with Gasteiger partial charge in [-0.25, -0.2) is 24.0 Å². The molecule has 0 saturated carbocycles. The summed E-state index contributed by atoms with van der Waals surface area (Å²) < 4.78 is 32.8. The number of amides is 2. The number of aliphatic hydroxyl groups is 1. The number of fused-ring (bicyclic) bond motifs is 6. The van der Waals surface area contributed by atoms with E-state index in [2.05, 4.69) is 5.32 Å². The number of carboxylic acids is 4. The Morgan fingerprint density at radius 3 is 1.72 bits per heavy atom. The van der Waals surface area contributed by atoms with Crippen LogP contribution in [0.4, 0.5) is 0 Å². The molecule has 21 N–H and O–H groups in total. The van der Waals surface area contributed by atoms with Crippen LogP contribution in [0.2, 0.25) is 0 Å². The first-order chi connectivity index (χ1) is 41.7. The number of aliphatic carboxylic acids is 4. The lowest BCUT2D eigenvalue weighted by Gasteiger charge is -2.44. The van der Waals surface area contributed by atoms with E-state index in [9.17, 15) is 135 Å². The number of hydrogen-bond donors (Lipinski definition) is 20. The number of rotatable bonds is 19. The van der Waals surface area contributed by atoms with Crippen LogP contribution in [0.25, 0.3) is 11.1 Å². The van der Waals surface area contributed by atoms with Gasteiger partial charge >= 0.3 is 53.7 Å². The maximum atomic E-state index is 15.6. The topological polar surface area (TPSA) is 637 Å². The number of nitrogens with two attached hydrogens (primary N) is 1. The van der Waals surface area contributed by atoms with Gasteiger partial charge in [0.1, 0.15) is 36.6 Å². The molecule has 37 nitrogen and oxygen atoms in total. The summed E-state index contributed by atoms with van der Waals surface area (Å²) in [7, 11) is 0. The summed E-state index contributed by atoms with van der Waals surface area (Å²) in [6, 6.07) is -1.89. The van der Waals surface area contributed by atoms with Crippen LogP contribution in [0.3, 0.4) is 0 Å². The molecule has 1 saturated heterocycles. The number of nitrogens with one attached hydrogen (secondary N) is 2. The second kappa shape index (κ2) is 25.8. The van der Waals surface area contributed by atoms with Gasteiger partial charge in [0.15, 0.2) is 70.1 Å². The predicted molar refractivity (Wildman–Crippen MR) is 279 cm³/mol. The van der Waals surface area contributed by atoms with Crippen LogP contribution in [0.1, 0.15) is 65.8 Å². The van der Waals surface area contributed by atoms with Crippen molar-refractivity contribution >= 4 is 77.3 Å². The van der Waals surface area contributed by atoms with E-state index in [0.29, 0.717) is 24.3 Å². The van der Waals surface area contributed by atoms with Crippen molar-refractivity contribution in [3.63, 3.8) is 0 Å². The molecule has 0 radical (unpaired) electrons. The summed E-state index contributed by atoms with van der Waals surface area (Å²) in [6.45, 7) is -2.73. The predicted octanol–water partition coefficient (Wildman–Crippen LogP) is -2.54. The van der Waals surface area contributed by atoms with E-state index in [1.807, 2.05) is 5.32 Å². The molecular weight excluding hydrogens is 1230 g/mol. The third-order valence-corrected chi connectivity index (χ3v) is 15.0. The first-order valence-corrected chi connectivity index (χ1v) is 26.0. The van der Waals surface area contributed by atoms with Crippen molar-refractivity contribution in [2.75, 3.05) is 18.9 Å². The number of aromatic hydroxyl groups is 12. The van der Waals surface area contributed by atoms with Crippen LogP contribution in [0.15, 0.2) is 30.3 Å². The molecule has 2 amide bonds. The van der Waals surface area contributed by atoms with Gasteiger partial charge in [0.05, 0.1) is 34.1 Å². The van der Waals surface area contributed by atoms with Crippen LogP contribution < -0.4 is 16.4 Å². The molecule has 3 aliphatic rings. The van der Waals surface area contributed by atoms with Gasteiger partial charge in [-0.15, -0.1) is 11.8 Å². The summed E-state index contributed by atoms with van der Waals surface area (Å²) in [5, 5.41) is 181. The van der Waals surface area contributed by atoms with Crippen molar-refractivity contribution in [2.45, 2.75) is 72.9 Å². The molecule has 4 aromatic rings.